The van der Waals surface area contributed by atoms with E-state index in [9.17, 15) is 0 Å². The summed E-state index contributed by atoms with van der Waals surface area (Å²) in [5.74, 6) is 6.07. The minimum Gasteiger partial charge on any atom is -0.395 e. The minimum absolute atomic E-state index is 0.135. The fourth-order valence-electron chi connectivity index (χ4n) is 2.49. The van der Waals surface area contributed by atoms with Gasteiger partial charge in [-0.3, -0.25) is 0 Å². The molecule has 2 nitrogen and oxygen atoms in total. The molecule has 0 radical (unpaired) electrons. The van der Waals surface area contributed by atoms with Crippen LogP contribution in [0.2, 0.25) is 0 Å². The monoisotopic (exact) mass is 283 g/mol. The molecular weight excluding hydrogens is 266 g/mol. The molecule has 0 fully saturated rings. The Morgan fingerprint density at radius 2 is 2.10 bits per heavy atom. The van der Waals surface area contributed by atoms with Crippen LogP contribution in [0.1, 0.15) is 21.7 Å². The van der Waals surface area contributed by atoms with Crippen molar-refractivity contribution in [3.8, 4) is 11.8 Å². The number of benzene rings is 1. The van der Waals surface area contributed by atoms with Crippen LogP contribution in [0.5, 0.6) is 0 Å². The number of para-hydroxylation sites is 1. The van der Waals surface area contributed by atoms with Crippen LogP contribution in [-0.2, 0) is 13.0 Å². The maximum atomic E-state index is 8.73. The summed E-state index contributed by atoms with van der Waals surface area (Å²) >= 11 is 1.75. The van der Waals surface area contributed by atoms with Gasteiger partial charge in [0.25, 0.3) is 0 Å². The first-order chi connectivity index (χ1) is 9.86. The predicted molar refractivity (Wildman–Crippen MR) is 84.1 cm³/mol. The molecule has 2 heterocycles. The van der Waals surface area contributed by atoms with Crippen LogP contribution >= 0.6 is 11.3 Å². The zero-order valence-electron chi connectivity index (χ0n) is 11.3. The third-order valence-electron chi connectivity index (χ3n) is 3.44. The van der Waals surface area contributed by atoms with Gasteiger partial charge in [0.15, 0.2) is 0 Å². The molecule has 1 aromatic carbocycles. The lowest BCUT2D eigenvalue weighted by molar-refractivity contribution is 0.305. The molecule has 20 heavy (non-hydrogen) atoms. The van der Waals surface area contributed by atoms with E-state index in [1.54, 1.807) is 11.3 Å². The van der Waals surface area contributed by atoms with E-state index in [0.29, 0.717) is 6.42 Å². The molecule has 1 aliphatic rings. The highest BCUT2D eigenvalue weighted by atomic mass is 32.1. The summed E-state index contributed by atoms with van der Waals surface area (Å²) in [7, 11) is 0. The summed E-state index contributed by atoms with van der Waals surface area (Å²) in [4.78, 5) is 4.86. The molecule has 1 N–H and O–H groups in total. The van der Waals surface area contributed by atoms with Gasteiger partial charge in [-0.2, -0.15) is 0 Å². The third-order valence-corrected chi connectivity index (χ3v) is 4.43. The Morgan fingerprint density at radius 3 is 3.00 bits per heavy atom. The number of anilines is 1. The molecule has 0 aliphatic carbocycles. The van der Waals surface area contributed by atoms with Gasteiger partial charge in [-0.15, -0.1) is 11.3 Å². The van der Waals surface area contributed by atoms with Crippen molar-refractivity contribution < 1.29 is 5.11 Å². The first-order valence-electron chi connectivity index (χ1n) is 6.88. The average Bonchev–Trinajstić information content (AvgIpc) is 3.08. The van der Waals surface area contributed by atoms with Crippen molar-refractivity contribution >= 4 is 17.0 Å². The van der Waals surface area contributed by atoms with E-state index in [4.69, 9.17) is 5.11 Å². The summed E-state index contributed by atoms with van der Waals surface area (Å²) in [5, 5.41) is 8.73. The number of thiophene rings is 1. The molecule has 3 heteroatoms. The minimum atomic E-state index is 0.135. The van der Waals surface area contributed by atoms with Gasteiger partial charge in [-0.25, -0.2) is 0 Å². The quantitative estimate of drug-likeness (QED) is 0.875. The number of aliphatic hydroxyl groups excluding tert-OH is 1. The summed E-state index contributed by atoms with van der Waals surface area (Å²) in [6.45, 7) is 2.20. The van der Waals surface area contributed by atoms with E-state index in [-0.39, 0.29) is 6.61 Å². The first-order valence-corrected chi connectivity index (χ1v) is 7.70. The second-order valence-electron chi connectivity index (χ2n) is 4.84. The Kier molecular flexibility index (Phi) is 4.05. The molecule has 0 saturated heterocycles. The lowest BCUT2D eigenvalue weighted by Gasteiger charge is -2.18. The van der Waals surface area contributed by atoms with Gasteiger partial charge < -0.3 is 10.0 Å². The SMILES string of the molecule is OCCC#Cc1ccc(CN2CCc3ccccc32)s1. The molecule has 2 aromatic rings. The van der Waals surface area contributed by atoms with Crippen molar-refractivity contribution in [2.75, 3.05) is 18.1 Å². The Bertz CT molecular complexity index is 650. The molecule has 0 bridgehead atoms. The summed E-state index contributed by atoms with van der Waals surface area (Å²) in [5.41, 5.74) is 2.82. The van der Waals surface area contributed by atoms with Gasteiger partial charge in [0.1, 0.15) is 0 Å². The number of fused-ring (bicyclic) bond motifs is 1. The highest BCUT2D eigenvalue weighted by Crippen LogP contribution is 2.30. The molecule has 0 amide bonds. The summed E-state index contributed by atoms with van der Waals surface area (Å²) < 4.78 is 0. The normalized spacial score (nSPS) is 12.9. The second-order valence-corrected chi connectivity index (χ2v) is 6.01. The fraction of sp³-hybridized carbons (Fsp3) is 0.294. The Labute approximate surface area is 123 Å². The number of hydrogen-bond donors (Lipinski definition) is 1. The average molecular weight is 283 g/mol. The van der Waals surface area contributed by atoms with Crippen LogP contribution in [0.25, 0.3) is 0 Å². The van der Waals surface area contributed by atoms with E-state index < -0.39 is 0 Å². The lowest BCUT2D eigenvalue weighted by Crippen LogP contribution is -2.18. The van der Waals surface area contributed by atoms with Gasteiger partial charge in [-0.05, 0) is 30.2 Å². The Balaban J connectivity index is 1.69. The fourth-order valence-corrected chi connectivity index (χ4v) is 3.39. The highest BCUT2D eigenvalue weighted by molar-refractivity contribution is 7.12. The van der Waals surface area contributed by atoms with Crippen molar-refractivity contribution in [3.63, 3.8) is 0 Å². The van der Waals surface area contributed by atoms with Crippen LogP contribution < -0.4 is 4.90 Å². The molecule has 0 saturated carbocycles. The van der Waals surface area contributed by atoms with Crippen LogP contribution in [0.15, 0.2) is 36.4 Å². The molecule has 1 aliphatic heterocycles. The van der Waals surface area contributed by atoms with E-state index in [0.717, 1.165) is 24.4 Å². The zero-order valence-corrected chi connectivity index (χ0v) is 12.1. The van der Waals surface area contributed by atoms with Gasteiger partial charge in [0.2, 0.25) is 0 Å². The maximum Gasteiger partial charge on any atom is 0.0772 e. The molecule has 0 unspecified atom stereocenters. The van der Waals surface area contributed by atoms with Crippen molar-refractivity contribution in [2.24, 2.45) is 0 Å². The van der Waals surface area contributed by atoms with Gasteiger partial charge in [0, 0.05) is 23.5 Å². The standard InChI is InChI=1S/C17H17NOS/c19-12-4-3-6-15-8-9-16(20-15)13-18-11-10-14-5-1-2-7-17(14)18/h1-2,5,7-9,19H,4,10-13H2. The van der Waals surface area contributed by atoms with E-state index in [1.165, 1.54) is 16.1 Å². The van der Waals surface area contributed by atoms with Gasteiger partial charge in [0.05, 0.1) is 18.0 Å². The predicted octanol–water partition coefficient (Wildman–Crippen LogP) is 3.04. The molecule has 102 valence electrons. The Hall–Kier alpha value is -1.76. The number of nitrogens with zero attached hydrogens (tertiary/aromatic N) is 1. The zero-order chi connectivity index (χ0) is 13.8. The number of hydrogen-bond acceptors (Lipinski definition) is 3. The largest absolute Gasteiger partial charge is 0.395 e. The molecular formula is C17H17NOS. The van der Waals surface area contributed by atoms with E-state index >= 15 is 0 Å². The van der Waals surface area contributed by atoms with Crippen molar-refractivity contribution in [3.05, 3.63) is 51.7 Å². The smallest absolute Gasteiger partial charge is 0.0772 e. The molecule has 0 atom stereocenters. The number of rotatable bonds is 3. The van der Waals surface area contributed by atoms with Gasteiger partial charge >= 0.3 is 0 Å². The third kappa shape index (κ3) is 2.87. The lowest BCUT2D eigenvalue weighted by atomic mass is 10.2. The van der Waals surface area contributed by atoms with E-state index in [1.807, 2.05) is 0 Å². The topological polar surface area (TPSA) is 23.5 Å². The summed E-state index contributed by atoms with van der Waals surface area (Å²) in [6, 6.07) is 12.9. The van der Waals surface area contributed by atoms with Crippen molar-refractivity contribution in [1.82, 2.24) is 0 Å². The highest BCUT2D eigenvalue weighted by Gasteiger charge is 2.18. The maximum absolute atomic E-state index is 8.73. The van der Waals surface area contributed by atoms with Crippen molar-refractivity contribution in [1.29, 1.82) is 0 Å². The summed E-state index contributed by atoms with van der Waals surface area (Å²) in [6.07, 6.45) is 1.69. The van der Waals surface area contributed by atoms with Crippen LogP contribution in [0.4, 0.5) is 5.69 Å². The van der Waals surface area contributed by atoms with Crippen LogP contribution in [0, 0.1) is 11.8 Å². The van der Waals surface area contributed by atoms with E-state index in [2.05, 4.69) is 53.1 Å². The van der Waals surface area contributed by atoms with Crippen LogP contribution in [0.3, 0.4) is 0 Å². The molecule has 3 rings (SSSR count). The number of aliphatic hydroxyl groups is 1. The van der Waals surface area contributed by atoms with Gasteiger partial charge in [-0.1, -0.05) is 30.0 Å². The first kappa shape index (κ1) is 13.2. The molecule has 1 aromatic heterocycles. The van der Waals surface area contributed by atoms with Crippen LogP contribution in [-0.4, -0.2) is 18.3 Å². The Morgan fingerprint density at radius 1 is 1.20 bits per heavy atom. The second kappa shape index (κ2) is 6.13. The van der Waals surface area contributed by atoms with Crippen molar-refractivity contribution in [2.45, 2.75) is 19.4 Å². The molecule has 0 spiro atoms.